The molecule has 0 spiro atoms. The van der Waals surface area contributed by atoms with E-state index in [0.717, 1.165) is 17.0 Å². The summed E-state index contributed by atoms with van der Waals surface area (Å²) in [5, 5.41) is 5.07. The summed E-state index contributed by atoms with van der Waals surface area (Å²) in [6, 6.07) is 0. The molecule has 0 atom stereocenters. The summed E-state index contributed by atoms with van der Waals surface area (Å²) < 4.78 is 27.2. The number of hydrogen-bond donors (Lipinski definition) is 2. The van der Waals surface area contributed by atoms with Gasteiger partial charge >= 0.3 is 0 Å². The molecule has 0 unspecified atom stereocenters. The van der Waals surface area contributed by atoms with E-state index < -0.39 is 10.0 Å². The summed E-state index contributed by atoms with van der Waals surface area (Å²) in [6.07, 6.45) is 0. The van der Waals surface area contributed by atoms with E-state index in [0.29, 0.717) is 23.9 Å². The Labute approximate surface area is 114 Å². The third-order valence-electron chi connectivity index (χ3n) is 2.48. The Morgan fingerprint density at radius 2 is 2.06 bits per heavy atom. The molecule has 1 aromatic rings. The normalized spacial score (nSPS) is 12.3. The molecule has 0 amide bonds. The largest absolute Gasteiger partial charge is 0.312 e. The molecule has 0 radical (unpaired) electrons. The summed E-state index contributed by atoms with van der Waals surface area (Å²) in [5.74, 6) is 0.302. The third kappa shape index (κ3) is 4.05. The zero-order valence-corrected chi connectivity index (χ0v) is 13.0. The van der Waals surface area contributed by atoms with Crippen LogP contribution in [0.2, 0.25) is 0 Å². The Kier molecular flexibility index (Phi) is 5.78. The number of hydrogen-bond acceptors (Lipinski definition) is 4. The molecule has 0 aliphatic rings. The van der Waals surface area contributed by atoms with Gasteiger partial charge < -0.3 is 5.32 Å². The van der Waals surface area contributed by atoms with Crippen LogP contribution in [-0.2, 0) is 16.6 Å². The first-order chi connectivity index (χ1) is 8.38. The highest BCUT2D eigenvalue weighted by atomic mass is 32.2. The molecule has 0 aromatic carbocycles. The van der Waals surface area contributed by atoms with Crippen molar-refractivity contribution < 1.29 is 8.42 Å². The molecule has 104 valence electrons. The Hall–Kier alpha value is -0.430. The van der Waals surface area contributed by atoms with Crippen molar-refractivity contribution in [1.29, 1.82) is 0 Å². The van der Waals surface area contributed by atoms with Crippen molar-refractivity contribution >= 4 is 21.4 Å². The monoisotopic (exact) mass is 290 g/mol. The smallest absolute Gasteiger partial charge is 0.241 e. The van der Waals surface area contributed by atoms with Crippen LogP contribution in [0, 0.1) is 12.8 Å². The van der Waals surface area contributed by atoms with Crippen LogP contribution in [0.1, 0.15) is 31.2 Å². The first-order valence-electron chi connectivity index (χ1n) is 6.15. The topological polar surface area (TPSA) is 58.2 Å². The Bertz CT molecular complexity index is 478. The highest BCUT2D eigenvalue weighted by molar-refractivity contribution is 7.89. The van der Waals surface area contributed by atoms with E-state index in [9.17, 15) is 8.42 Å². The van der Waals surface area contributed by atoms with E-state index in [-0.39, 0.29) is 0 Å². The van der Waals surface area contributed by atoms with Gasteiger partial charge in [0.1, 0.15) is 4.90 Å². The van der Waals surface area contributed by atoms with Crippen molar-refractivity contribution in [3.8, 4) is 0 Å². The van der Waals surface area contributed by atoms with Crippen molar-refractivity contribution in [1.82, 2.24) is 10.0 Å². The second-order valence-corrected chi connectivity index (χ2v) is 7.37. The maximum absolute atomic E-state index is 12.3. The molecule has 18 heavy (non-hydrogen) atoms. The molecule has 1 aromatic heterocycles. The van der Waals surface area contributed by atoms with Crippen LogP contribution in [0.4, 0.5) is 0 Å². The predicted molar refractivity (Wildman–Crippen MR) is 76.5 cm³/mol. The van der Waals surface area contributed by atoms with Gasteiger partial charge in [-0.1, -0.05) is 20.8 Å². The number of sulfonamides is 1. The second-order valence-electron chi connectivity index (χ2n) is 4.70. The highest BCUT2D eigenvalue weighted by Crippen LogP contribution is 2.26. The average Bonchev–Trinajstić information content (AvgIpc) is 2.66. The molecule has 1 rings (SSSR count). The second kappa shape index (κ2) is 6.65. The van der Waals surface area contributed by atoms with E-state index in [2.05, 4.69) is 10.0 Å². The van der Waals surface area contributed by atoms with E-state index in [1.165, 1.54) is 11.3 Å². The van der Waals surface area contributed by atoms with Crippen LogP contribution < -0.4 is 10.0 Å². The maximum Gasteiger partial charge on any atom is 0.241 e. The minimum Gasteiger partial charge on any atom is -0.312 e. The van der Waals surface area contributed by atoms with Crippen molar-refractivity contribution in [3.05, 3.63) is 15.8 Å². The number of aryl methyl sites for hydroxylation is 1. The number of nitrogens with one attached hydrogen (secondary N) is 2. The molecular weight excluding hydrogens is 268 g/mol. The number of rotatable bonds is 7. The molecule has 0 aliphatic carbocycles. The van der Waals surface area contributed by atoms with E-state index in [4.69, 9.17) is 0 Å². The summed E-state index contributed by atoms with van der Waals surface area (Å²) >= 11 is 1.50. The lowest BCUT2D eigenvalue weighted by Gasteiger charge is -2.11. The summed E-state index contributed by atoms with van der Waals surface area (Å²) in [5.41, 5.74) is 0.823. The van der Waals surface area contributed by atoms with Gasteiger partial charge in [0.2, 0.25) is 10.0 Å². The van der Waals surface area contributed by atoms with Crippen LogP contribution in [0.5, 0.6) is 0 Å². The highest BCUT2D eigenvalue weighted by Gasteiger charge is 2.22. The Balaban J connectivity index is 2.96. The average molecular weight is 290 g/mol. The van der Waals surface area contributed by atoms with Crippen LogP contribution >= 0.6 is 11.3 Å². The van der Waals surface area contributed by atoms with Gasteiger partial charge in [-0.3, -0.25) is 0 Å². The Morgan fingerprint density at radius 1 is 1.39 bits per heavy atom. The summed E-state index contributed by atoms with van der Waals surface area (Å²) in [7, 11) is -3.38. The third-order valence-corrected chi connectivity index (χ3v) is 5.36. The van der Waals surface area contributed by atoms with Gasteiger partial charge in [0.15, 0.2) is 0 Å². The fourth-order valence-electron chi connectivity index (χ4n) is 1.56. The molecule has 0 saturated carbocycles. The molecule has 4 nitrogen and oxygen atoms in total. The van der Waals surface area contributed by atoms with Crippen LogP contribution in [0.25, 0.3) is 0 Å². The predicted octanol–water partition coefficient (Wildman–Crippen LogP) is 2.10. The molecule has 6 heteroatoms. The minimum atomic E-state index is -3.38. The van der Waals surface area contributed by atoms with Gasteiger partial charge in [-0.15, -0.1) is 11.3 Å². The molecule has 0 aliphatic heterocycles. The molecule has 0 saturated heterocycles. The van der Waals surface area contributed by atoms with Crippen molar-refractivity contribution in [2.75, 3.05) is 13.1 Å². The van der Waals surface area contributed by atoms with Gasteiger partial charge in [-0.05, 0) is 30.3 Å². The minimum absolute atomic E-state index is 0.302. The van der Waals surface area contributed by atoms with Crippen LogP contribution in [-0.4, -0.2) is 21.5 Å². The quantitative estimate of drug-likeness (QED) is 0.808. The van der Waals surface area contributed by atoms with Gasteiger partial charge in [-0.2, -0.15) is 0 Å². The lowest BCUT2D eigenvalue weighted by Crippen LogP contribution is -2.29. The zero-order chi connectivity index (χ0) is 13.8. The van der Waals surface area contributed by atoms with E-state index in [1.54, 1.807) is 0 Å². The molecule has 0 bridgehead atoms. The molecule has 2 N–H and O–H groups in total. The van der Waals surface area contributed by atoms with Crippen molar-refractivity contribution in [2.24, 2.45) is 5.92 Å². The Morgan fingerprint density at radius 3 is 2.61 bits per heavy atom. The molecule has 1 heterocycles. The fourth-order valence-corrected chi connectivity index (χ4v) is 4.55. The maximum atomic E-state index is 12.3. The van der Waals surface area contributed by atoms with Gasteiger partial charge in [0, 0.05) is 18.0 Å². The van der Waals surface area contributed by atoms with E-state index in [1.807, 2.05) is 33.1 Å². The lowest BCUT2D eigenvalue weighted by molar-refractivity contribution is 0.558. The fraction of sp³-hybridized carbons (Fsp3) is 0.667. The van der Waals surface area contributed by atoms with Gasteiger partial charge in [0.05, 0.1) is 0 Å². The SMILES string of the molecule is CCNCc1scc(C)c1S(=O)(=O)NCC(C)C. The van der Waals surface area contributed by atoms with Gasteiger partial charge in [0.25, 0.3) is 0 Å². The lowest BCUT2D eigenvalue weighted by atomic mass is 10.2. The first-order valence-corrected chi connectivity index (χ1v) is 8.52. The molecule has 0 fully saturated rings. The van der Waals surface area contributed by atoms with Crippen molar-refractivity contribution in [2.45, 2.75) is 39.1 Å². The summed E-state index contributed by atoms with van der Waals surface area (Å²) in [6.45, 7) is 9.73. The molecular formula is C12H22N2O2S2. The first kappa shape index (κ1) is 15.6. The van der Waals surface area contributed by atoms with E-state index >= 15 is 0 Å². The standard InChI is InChI=1S/C12H22N2O2S2/c1-5-13-7-11-12(10(4)8-17-11)18(15,16)14-6-9(2)3/h8-9,13-14H,5-7H2,1-4H3. The van der Waals surface area contributed by atoms with Crippen LogP contribution in [0.3, 0.4) is 0 Å². The zero-order valence-electron chi connectivity index (χ0n) is 11.4. The van der Waals surface area contributed by atoms with Crippen molar-refractivity contribution in [3.63, 3.8) is 0 Å². The number of thiophene rings is 1. The summed E-state index contributed by atoms with van der Waals surface area (Å²) in [4.78, 5) is 1.33. The van der Waals surface area contributed by atoms with Crippen LogP contribution in [0.15, 0.2) is 10.3 Å². The van der Waals surface area contributed by atoms with Gasteiger partial charge in [-0.25, -0.2) is 13.1 Å².